The Bertz CT molecular complexity index is 3620. The van der Waals surface area contributed by atoms with E-state index in [2.05, 4.69) is 67.0 Å². The molecular formula is C33H46Cl2N15O26P5S. The molecule has 0 radical (unpaired) electrons. The van der Waals surface area contributed by atoms with Crippen LogP contribution in [0.3, 0.4) is 0 Å². The largest absolute Gasteiger partial charge is 0.490 e. The lowest BCUT2D eigenvalue weighted by atomic mass is 10.0. The van der Waals surface area contributed by atoms with E-state index >= 15 is 0 Å². The molecule has 41 nitrogen and oxygen atoms in total. The number of ether oxygens (including phenoxy) is 2. The number of hydrogen-bond donors (Lipinski definition) is 17. The van der Waals surface area contributed by atoms with E-state index in [1.54, 1.807) is 10.8 Å². The van der Waals surface area contributed by atoms with Crippen LogP contribution in [0.1, 0.15) is 24.9 Å². The molecule has 0 spiro atoms. The van der Waals surface area contributed by atoms with Crippen LogP contribution in [0.15, 0.2) is 24.1 Å². The highest BCUT2D eigenvalue weighted by molar-refractivity contribution is 7.98. The molecule has 0 amide bonds. The van der Waals surface area contributed by atoms with Crippen molar-refractivity contribution in [2.75, 3.05) is 43.3 Å². The fourth-order valence-corrected chi connectivity index (χ4v) is 13.5. The molecule has 6 aromatic heterocycles. The van der Waals surface area contributed by atoms with E-state index in [1.807, 2.05) is 0 Å². The van der Waals surface area contributed by atoms with Gasteiger partial charge in [-0.15, -0.1) is 0 Å². The van der Waals surface area contributed by atoms with Crippen molar-refractivity contribution >= 4 is 125 Å². The zero-order chi connectivity index (χ0) is 60.6. The summed E-state index contributed by atoms with van der Waals surface area (Å²) in [5, 5.41) is 61.7. The van der Waals surface area contributed by atoms with Crippen LogP contribution in [0.4, 0.5) is 17.5 Å². The summed E-state index contributed by atoms with van der Waals surface area (Å²) in [4.78, 5) is 107. The average molecular weight is 1330 g/mol. The highest BCUT2D eigenvalue weighted by atomic mass is 35.5. The van der Waals surface area contributed by atoms with Gasteiger partial charge in [-0.05, 0) is 41.8 Å². The Kier molecular flexibility index (Phi) is 18.7. The number of hydrogen-bond acceptors (Lipinski definition) is 31. The normalized spacial score (nSPS) is 29.7. The minimum atomic E-state index is -5.71. The molecule has 13 unspecified atom stereocenters. The molecule has 2 aliphatic carbocycles. The second-order valence-electron chi connectivity index (χ2n) is 17.8. The summed E-state index contributed by atoms with van der Waals surface area (Å²) in [6, 6.07) is -0.606. The van der Waals surface area contributed by atoms with Crippen molar-refractivity contribution in [1.82, 2.24) is 58.6 Å². The molecule has 0 bridgehead atoms. The average Bonchev–Trinajstić information content (AvgIpc) is 2.72. The molecule has 49 heteroatoms. The summed E-state index contributed by atoms with van der Waals surface area (Å²) < 4.78 is 91.1. The summed E-state index contributed by atoms with van der Waals surface area (Å²) in [5.74, 6) is -0.0939. The van der Waals surface area contributed by atoms with Crippen molar-refractivity contribution in [1.29, 1.82) is 0 Å². The predicted molar refractivity (Wildman–Crippen MR) is 270 cm³/mol. The van der Waals surface area contributed by atoms with Gasteiger partial charge in [0, 0.05) is 5.41 Å². The smallest absolute Gasteiger partial charge is 0.390 e. The number of aromatic nitrogens is 12. The van der Waals surface area contributed by atoms with Gasteiger partial charge in [0.25, 0.3) is 0 Å². The molecule has 20 N–H and O–H groups in total. The number of thioether (sulfide) groups is 1. The molecule has 0 aromatic carbocycles. The number of nitrogens with zero attached hydrogens (tertiary/aromatic N) is 12. The van der Waals surface area contributed by atoms with E-state index in [9.17, 15) is 58.4 Å². The van der Waals surface area contributed by atoms with Gasteiger partial charge in [-0.1, -0.05) is 11.8 Å². The molecule has 6 aromatic rings. The number of imidazole rings is 3. The lowest BCUT2D eigenvalue weighted by Gasteiger charge is -2.24. The number of nitrogens with two attached hydrogens (primary N) is 3. The first kappa shape index (κ1) is 64.3. The number of aliphatic hydroxyl groups is 6. The zero-order valence-electron chi connectivity index (χ0n) is 40.6. The molecule has 4 aliphatic rings. The maximum Gasteiger partial charge on any atom is 0.490 e. The third-order valence-electron chi connectivity index (χ3n) is 12.6. The summed E-state index contributed by atoms with van der Waals surface area (Å²) in [6.45, 7) is -1.94. The number of rotatable bonds is 17. The van der Waals surface area contributed by atoms with Crippen molar-refractivity contribution in [3.63, 3.8) is 0 Å². The van der Waals surface area contributed by atoms with Gasteiger partial charge < -0.3 is 101 Å². The fraction of sp³-hybridized carbons (Fsp3) is 0.545. The van der Waals surface area contributed by atoms with Gasteiger partial charge >= 0.3 is 39.1 Å². The summed E-state index contributed by atoms with van der Waals surface area (Å²) in [7, 11) is -26.1. The second kappa shape index (κ2) is 23.9. The van der Waals surface area contributed by atoms with Gasteiger partial charge in [-0.3, -0.25) is 22.7 Å². The highest BCUT2D eigenvalue weighted by Crippen LogP contribution is 2.69. The quantitative estimate of drug-likeness (QED) is 0.0252. The maximum absolute atomic E-state index is 11.9. The minimum absolute atomic E-state index is 0.0261. The van der Waals surface area contributed by atoms with E-state index in [0.717, 1.165) is 0 Å². The Morgan fingerprint density at radius 3 is 1.49 bits per heavy atom. The van der Waals surface area contributed by atoms with Crippen LogP contribution < -0.4 is 17.2 Å². The van der Waals surface area contributed by atoms with Crippen molar-refractivity contribution in [2.24, 2.45) is 11.3 Å². The van der Waals surface area contributed by atoms with E-state index in [0.29, 0.717) is 22.7 Å². The molecule has 454 valence electrons. The van der Waals surface area contributed by atoms with E-state index in [-0.39, 0.29) is 62.9 Å². The number of anilines is 3. The second-order valence-corrected chi connectivity index (χ2v) is 26.2. The molecule has 2 aliphatic heterocycles. The van der Waals surface area contributed by atoms with Gasteiger partial charge in [0.05, 0.1) is 50.9 Å². The summed E-state index contributed by atoms with van der Waals surface area (Å²) in [6.07, 6.45) is -7.61. The molecule has 2 saturated heterocycles. The molecule has 4 fully saturated rings. The third-order valence-corrected chi connectivity index (χ3v) is 18.2. The first-order chi connectivity index (χ1) is 37.9. The molecule has 8 heterocycles. The number of phosphoric acid groups is 5. The number of nitrogen functional groups attached to an aromatic ring is 3. The first-order valence-corrected chi connectivity index (χ1v) is 31.9. The molecule has 82 heavy (non-hydrogen) atoms. The van der Waals surface area contributed by atoms with Crippen molar-refractivity contribution in [3.05, 3.63) is 29.5 Å². The van der Waals surface area contributed by atoms with Gasteiger partial charge in [0.15, 0.2) is 52.0 Å². The van der Waals surface area contributed by atoms with E-state index in [1.165, 1.54) is 39.9 Å². The third kappa shape index (κ3) is 14.1. The fourth-order valence-electron chi connectivity index (χ4n) is 8.99. The Morgan fingerprint density at radius 2 is 1.02 bits per heavy atom. The van der Waals surface area contributed by atoms with Crippen LogP contribution in [-0.4, -0.2) is 203 Å². The zero-order valence-corrected chi connectivity index (χ0v) is 47.4. The standard InChI is InChI=1S/C12H15ClN5O6P.C11H18N5O13P3S.C10H13ClN5O7P/c13-11-16-9(14)5-10(17-11)18(3-15-5)6-4-1-12(4,8(20)7(6)19)2-24-25(21,22)23;1-33-11-14-8(12)5-9(15-11)16(3-13-5)10-7(18)6(17)4(27-10)2-26-31(22,23)29-32(24,25)28-30(19,20)21;11-10-14-7(12)4-8(15-10)16(2-13-4)9-6(18)5(17)3(23-9)1-22-24(19,20)21/h3-4,6-8,19-20H,1-2H2,(H2,14,16,17)(H2,21,22,23);3-4,6-7,10,17-18H,2H2,1H3,(H,22,23)(H,24,25)(H2,12,14,15)(H2,19,20,21);2-3,5-6,9,17-18H,1H2,(H2,12,14,15)(H2,19,20,21)/t4-,6?,7?,8?,12+;;/m1../s1. The van der Waals surface area contributed by atoms with Crippen LogP contribution in [0.5, 0.6) is 0 Å². The van der Waals surface area contributed by atoms with Crippen LogP contribution >= 0.6 is 74.1 Å². The molecule has 10 rings (SSSR count). The van der Waals surface area contributed by atoms with Crippen LogP contribution in [-0.2, 0) is 54.5 Å². The topological polar surface area (TPSA) is 642 Å². The van der Waals surface area contributed by atoms with Gasteiger partial charge in [-0.25, -0.2) is 47.7 Å². The molecule has 2 saturated carbocycles. The van der Waals surface area contributed by atoms with E-state index in [4.69, 9.17) is 84.1 Å². The number of aliphatic hydroxyl groups excluding tert-OH is 6. The van der Waals surface area contributed by atoms with Gasteiger partial charge in [0.2, 0.25) is 10.6 Å². The monoisotopic (exact) mass is 1330 g/mol. The Hall–Kier alpha value is -3.71. The molecular weight excluding hydrogens is 1280 g/mol. The lowest BCUT2D eigenvalue weighted by Crippen LogP contribution is -2.35. The predicted octanol–water partition coefficient (Wildman–Crippen LogP) is -2.66. The van der Waals surface area contributed by atoms with Gasteiger partial charge in [0.1, 0.15) is 59.3 Å². The molecule has 15 atom stereocenters. The maximum atomic E-state index is 11.9. The number of fused-ring (bicyclic) bond motifs is 4. The van der Waals surface area contributed by atoms with Crippen molar-refractivity contribution < 1.29 is 124 Å². The SMILES string of the molecule is CSc1nc(N)c2ncn(C3OC(COP(=O)(O)OP(=O)(O)OP(=O)(O)O)C(O)C3O)c2n1.Nc1nc(Cl)nc2c1ncn2C1C(O)C(O)[C@]2(COP(=O)(O)O)C[C@H]12.Nc1nc(Cl)nc2c1ncn2C1OC(COP(=O)(O)O)C(O)C1O. The van der Waals surface area contributed by atoms with Crippen LogP contribution in [0, 0.1) is 11.3 Å². The first-order valence-electron chi connectivity index (χ1n) is 22.4. The van der Waals surface area contributed by atoms with Crippen molar-refractivity contribution in [2.45, 2.75) is 78.9 Å². The van der Waals surface area contributed by atoms with E-state index < -0.39 is 125 Å². The van der Waals surface area contributed by atoms with Crippen molar-refractivity contribution in [3.8, 4) is 0 Å². The van der Waals surface area contributed by atoms with Gasteiger partial charge in [-0.2, -0.15) is 28.6 Å². The Balaban J connectivity index is 0.000000164. The summed E-state index contributed by atoms with van der Waals surface area (Å²) >= 11 is 12.8. The van der Waals surface area contributed by atoms with Crippen LogP contribution in [0.2, 0.25) is 10.6 Å². The lowest BCUT2D eigenvalue weighted by molar-refractivity contribution is -0.0504. The summed E-state index contributed by atoms with van der Waals surface area (Å²) in [5.41, 5.74) is 17.7. The Labute approximate surface area is 469 Å². The number of halogens is 2. The van der Waals surface area contributed by atoms with Crippen LogP contribution in [0.25, 0.3) is 33.5 Å². The Morgan fingerprint density at radius 1 is 0.585 bits per heavy atom. The number of phosphoric ester groups is 3. The highest BCUT2D eigenvalue weighted by Gasteiger charge is 2.72. The minimum Gasteiger partial charge on any atom is -0.390 e.